The number of aryl methyl sites for hydroxylation is 1. The average molecular weight is 280 g/mol. The van der Waals surface area contributed by atoms with E-state index in [1.807, 2.05) is 0 Å². The first-order valence-electron chi connectivity index (χ1n) is 5.66. The van der Waals surface area contributed by atoms with Crippen LogP contribution in [-0.4, -0.2) is 33.5 Å². The first-order valence-corrected chi connectivity index (χ1v) is 6.48. The Morgan fingerprint density at radius 2 is 2.11 bits per heavy atom. The lowest BCUT2D eigenvalue weighted by Gasteiger charge is -2.01. The van der Waals surface area contributed by atoms with Crippen molar-refractivity contribution in [3.05, 3.63) is 22.5 Å². The third kappa shape index (κ3) is 2.17. The predicted molar refractivity (Wildman–Crippen MR) is 68.8 cm³/mol. The largest absolute Gasteiger partial charge is 0.462 e. The molecule has 2 rings (SSSR count). The van der Waals surface area contributed by atoms with Gasteiger partial charge in [0.05, 0.1) is 12.8 Å². The fraction of sp³-hybridized carbons (Fsp3) is 0.333. The summed E-state index contributed by atoms with van der Waals surface area (Å²) in [5, 5.41) is 0. The smallest absolute Gasteiger partial charge is 0.350 e. The van der Waals surface area contributed by atoms with Crippen LogP contribution in [0.4, 0.5) is 0 Å². The number of imidazole rings is 1. The van der Waals surface area contributed by atoms with Crippen molar-refractivity contribution >= 4 is 33.8 Å². The molecule has 0 saturated heterocycles. The Labute approximate surface area is 113 Å². The summed E-state index contributed by atoms with van der Waals surface area (Å²) in [6, 6.07) is 0. The van der Waals surface area contributed by atoms with E-state index < -0.39 is 17.5 Å². The van der Waals surface area contributed by atoms with Crippen molar-refractivity contribution in [3.8, 4) is 0 Å². The minimum atomic E-state index is -0.621. The van der Waals surface area contributed by atoms with Gasteiger partial charge in [-0.1, -0.05) is 11.3 Å². The molecule has 0 bridgehead atoms. The van der Waals surface area contributed by atoms with Gasteiger partial charge in [0.1, 0.15) is 10.6 Å². The molecule has 0 atom stereocenters. The van der Waals surface area contributed by atoms with Gasteiger partial charge in [-0.15, -0.1) is 0 Å². The van der Waals surface area contributed by atoms with Crippen molar-refractivity contribution in [2.45, 2.75) is 20.8 Å². The highest BCUT2D eigenvalue weighted by atomic mass is 32.1. The van der Waals surface area contributed by atoms with Gasteiger partial charge in [0.15, 0.2) is 4.96 Å². The zero-order chi connectivity index (χ0) is 14.2. The Kier molecular flexibility index (Phi) is 3.48. The summed E-state index contributed by atoms with van der Waals surface area (Å²) in [4.78, 5) is 39.6. The molecule has 0 aliphatic carbocycles. The van der Waals surface area contributed by atoms with Crippen LogP contribution in [0.1, 0.15) is 39.7 Å². The Hall–Kier alpha value is -2.02. The topological polar surface area (TPSA) is 77.7 Å². The van der Waals surface area contributed by atoms with Crippen molar-refractivity contribution in [1.82, 2.24) is 9.38 Å². The molecule has 0 spiro atoms. The maximum atomic E-state index is 11.8. The molecule has 0 aliphatic rings. The summed E-state index contributed by atoms with van der Waals surface area (Å²) in [7, 11) is 0. The van der Waals surface area contributed by atoms with Gasteiger partial charge in [-0.2, -0.15) is 0 Å². The van der Waals surface area contributed by atoms with E-state index in [-0.39, 0.29) is 12.3 Å². The quantitative estimate of drug-likeness (QED) is 0.483. The second kappa shape index (κ2) is 4.93. The van der Waals surface area contributed by atoms with Crippen LogP contribution < -0.4 is 0 Å². The molecule has 0 aliphatic heterocycles. The molecular formula is C12H12N2O4S. The molecule has 2 aromatic heterocycles. The number of Topliss-reactive ketones (excluding diaryl/α,β-unsaturated/α-hetero) is 2. The molecule has 0 radical (unpaired) electrons. The van der Waals surface area contributed by atoms with Crippen LogP contribution in [0.25, 0.3) is 4.96 Å². The highest BCUT2D eigenvalue weighted by Gasteiger charge is 2.23. The normalized spacial score (nSPS) is 10.7. The summed E-state index contributed by atoms with van der Waals surface area (Å²) < 4.78 is 6.45. The van der Waals surface area contributed by atoms with Crippen LogP contribution in [0, 0.1) is 6.92 Å². The van der Waals surface area contributed by atoms with Crippen LogP contribution in [0.5, 0.6) is 0 Å². The summed E-state index contributed by atoms with van der Waals surface area (Å²) in [5.41, 5.74) is 0.729. The van der Waals surface area contributed by atoms with Crippen molar-refractivity contribution in [2.75, 3.05) is 6.61 Å². The SMILES string of the molecule is CCOC(=O)c1sc2ncc(C(=O)C(C)=O)n2c1C. The number of thiazole rings is 1. The molecule has 0 fully saturated rings. The second-order valence-corrected chi connectivity index (χ2v) is 4.86. The standard InChI is InChI=1S/C12H12N2O4S/c1-4-18-11(17)10-6(2)14-8(9(16)7(3)15)5-13-12(14)19-10/h5H,4H2,1-3H3. The second-order valence-electron chi connectivity index (χ2n) is 3.88. The minimum Gasteiger partial charge on any atom is -0.462 e. The number of esters is 1. The number of aromatic nitrogens is 2. The van der Waals surface area contributed by atoms with Gasteiger partial charge in [-0.05, 0) is 13.8 Å². The van der Waals surface area contributed by atoms with E-state index in [9.17, 15) is 14.4 Å². The Bertz CT molecular complexity index is 683. The van der Waals surface area contributed by atoms with Gasteiger partial charge >= 0.3 is 5.97 Å². The van der Waals surface area contributed by atoms with E-state index in [1.165, 1.54) is 17.5 Å². The number of nitrogens with zero attached hydrogens (tertiary/aromatic N) is 2. The Morgan fingerprint density at radius 3 is 2.68 bits per heavy atom. The number of rotatable bonds is 4. The first kappa shape index (κ1) is 13.4. The molecule has 0 saturated carbocycles. The van der Waals surface area contributed by atoms with Crippen molar-refractivity contribution in [3.63, 3.8) is 0 Å². The lowest BCUT2D eigenvalue weighted by Crippen LogP contribution is -2.13. The number of carbonyl (C=O) groups is 3. The van der Waals surface area contributed by atoms with Gasteiger partial charge in [-0.25, -0.2) is 9.78 Å². The molecule has 2 aromatic rings. The van der Waals surface area contributed by atoms with E-state index in [4.69, 9.17) is 4.74 Å². The fourth-order valence-electron chi connectivity index (χ4n) is 1.72. The van der Waals surface area contributed by atoms with Gasteiger partial charge in [-0.3, -0.25) is 14.0 Å². The zero-order valence-corrected chi connectivity index (χ0v) is 11.5. The molecule has 19 heavy (non-hydrogen) atoms. The summed E-state index contributed by atoms with van der Waals surface area (Å²) >= 11 is 1.14. The summed E-state index contributed by atoms with van der Waals surface area (Å²) in [6.45, 7) is 4.89. The van der Waals surface area contributed by atoms with Crippen molar-refractivity contribution in [1.29, 1.82) is 0 Å². The van der Waals surface area contributed by atoms with Gasteiger partial charge < -0.3 is 4.74 Å². The van der Waals surface area contributed by atoms with E-state index in [0.29, 0.717) is 15.5 Å². The van der Waals surface area contributed by atoms with Crippen molar-refractivity contribution < 1.29 is 19.1 Å². The number of ketones is 2. The number of ether oxygens (including phenoxy) is 1. The summed E-state index contributed by atoms with van der Waals surface area (Å²) in [5.74, 6) is -1.63. The Balaban J connectivity index is 2.57. The molecule has 7 heteroatoms. The maximum absolute atomic E-state index is 11.8. The zero-order valence-electron chi connectivity index (χ0n) is 10.7. The minimum absolute atomic E-state index is 0.173. The van der Waals surface area contributed by atoms with Gasteiger partial charge in [0, 0.05) is 12.6 Å². The van der Waals surface area contributed by atoms with Crippen LogP contribution in [-0.2, 0) is 9.53 Å². The number of hydrogen-bond donors (Lipinski definition) is 0. The third-order valence-corrected chi connectivity index (χ3v) is 3.74. The average Bonchev–Trinajstić information content (AvgIpc) is 2.89. The van der Waals surface area contributed by atoms with Crippen molar-refractivity contribution in [2.24, 2.45) is 0 Å². The lowest BCUT2D eigenvalue weighted by molar-refractivity contribution is -0.113. The van der Waals surface area contributed by atoms with E-state index in [1.54, 1.807) is 13.8 Å². The third-order valence-electron chi connectivity index (χ3n) is 2.60. The molecule has 0 N–H and O–H groups in total. The molecule has 0 unspecified atom stereocenters. The molecule has 6 nitrogen and oxygen atoms in total. The fourth-order valence-corrected chi connectivity index (χ4v) is 2.72. The maximum Gasteiger partial charge on any atom is 0.350 e. The lowest BCUT2D eigenvalue weighted by atomic mass is 10.2. The molecule has 100 valence electrons. The highest BCUT2D eigenvalue weighted by Crippen LogP contribution is 2.25. The van der Waals surface area contributed by atoms with Crippen LogP contribution in [0.2, 0.25) is 0 Å². The summed E-state index contributed by atoms with van der Waals surface area (Å²) in [6.07, 6.45) is 1.34. The van der Waals surface area contributed by atoms with Crippen LogP contribution >= 0.6 is 11.3 Å². The van der Waals surface area contributed by atoms with E-state index >= 15 is 0 Å². The number of fused-ring (bicyclic) bond motifs is 1. The van der Waals surface area contributed by atoms with Gasteiger partial charge in [0.25, 0.3) is 0 Å². The predicted octanol–water partition coefficient (Wildman–Crippen LogP) is 1.65. The van der Waals surface area contributed by atoms with Crippen LogP contribution in [0.3, 0.4) is 0 Å². The molecule has 2 heterocycles. The number of carbonyl (C=O) groups excluding carboxylic acids is 3. The molecular weight excluding hydrogens is 268 g/mol. The Morgan fingerprint density at radius 1 is 1.42 bits per heavy atom. The van der Waals surface area contributed by atoms with Crippen LogP contribution in [0.15, 0.2) is 6.20 Å². The first-order chi connectivity index (χ1) is 8.97. The van der Waals surface area contributed by atoms with E-state index in [2.05, 4.69) is 4.98 Å². The van der Waals surface area contributed by atoms with Gasteiger partial charge in [0.2, 0.25) is 11.6 Å². The highest BCUT2D eigenvalue weighted by molar-refractivity contribution is 7.19. The number of hydrogen-bond acceptors (Lipinski definition) is 6. The monoisotopic (exact) mass is 280 g/mol. The van der Waals surface area contributed by atoms with E-state index in [0.717, 1.165) is 11.3 Å². The molecule has 0 aromatic carbocycles. The molecule has 0 amide bonds.